The lowest BCUT2D eigenvalue weighted by molar-refractivity contribution is -0.119. The third-order valence-corrected chi connectivity index (χ3v) is 6.34. The number of nitrogens with zero attached hydrogens (tertiary/aromatic N) is 2. The fraction of sp³-hybridized carbons (Fsp3) is 0.619. The molecule has 0 aromatic heterocycles. The number of carbonyl (C=O) groups is 1. The van der Waals surface area contributed by atoms with Crippen LogP contribution < -0.4 is 11.1 Å². The average molecular weight is 519 g/mol. The lowest BCUT2D eigenvalue weighted by atomic mass is 9.79. The SMILES string of the molecule is CN=C(NCC1(c2cccc(Cl)c2)CCCC1)N1CCCC(CC(N)=O)C1.I. The summed E-state index contributed by atoms with van der Waals surface area (Å²) in [5, 5.41) is 4.43. The molecule has 1 amide bonds. The van der Waals surface area contributed by atoms with Gasteiger partial charge in [0, 0.05) is 43.5 Å². The number of likely N-dealkylation sites (tertiary alicyclic amines) is 1. The molecular formula is C21H32ClIN4O. The molecule has 1 aromatic carbocycles. The zero-order valence-electron chi connectivity index (χ0n) is 16.6. The molecule has 2 aliphatic rings. The van der Waals surface area contributed by atoms with E-state index < -0.39 is 0 Å². The lowest BCUT2D eigenvalue weighted by Gasteiger charge is -2.37. The summed E-state index contributed by atoms with van der Waals surface area (Å²) in [6.45, 7) is 2.67. The Labute approximate surface area is 190 Å². The van der Waals surface area contributed by atoms with E-state index in [1.807, 2.05) is 19.2 Å². The molecule has 1 aliphatic heterocycles. The molecule has 1 unspecified atom stereocenters. The van der Waals surface area contributed by atoms with Gasteiger partial charge in [0.25, 0.3) is 0 Å². The van der Waals surface area contributed by atoms with Crippen LogP contribution in [0.3, 0.4) is 0 Å². The molecule has 1 atom stereocenters. The first-order chi connectivity index (χ1) is 13.0. The van der Waals surface area contributed by atoms with Crippen molar-refractivity contribution < 1.29 is 4.79 Å². The van der Waals surface area contributed by atoms with Gasteiger partial charge in [0.1, 0.15) is 0 Å². The van der Waals surface area contributed by atoms with E-state index in [2.05, 4.69) is 27.3 Å². The molecule has 156 valence electrons. The van der Waals surface area contributed by atoms with Crippen LogP contribution in [0.4, 0.5) is 0 Å². The van der Waals surface area contributed by atoms with Crippen molar-refractivity contribution in [1.29, 1.82) is 0 Å². The number of hydrogen-bond acceptors (Lipinski definition) is 2. The maximum absolute atomic E-state index is 11.3. The van der Waals surface area contributed by atoms with Gasteiger partial charge in [0.2, 0.25) is 5.91 Å². The molecule has 0 spiro atoms. The number of nitrogens with two attached hydrogens (primary N) is 1. The quantitative estimate of drug-likeness (QED) is 0.352. The maximum Gasteiger partial charge on any atom is 0.217 e. The predicted octanol–water partition coefficient (Wildman–Crippen LogP) is 3.93. The highest BCUT2D eigenvalue weighted by Crippen LogP contribution is 2.41. The van der Waals surface area contributed by atoms with E-state index in [0.717, 1.165) is 43.5 Å². The van der Waals surface area contributed by atoms with Gasteiger partial charge in [-0.15, -0.1) is 24.0 Å². The Hall–Kier alpha value is -1.02. The molecule has 5 nitrogen and oxygen atoms in total. The van der Waals surface area contributed by atoms with Gasteiger partial charge in [-0.05, 0) is 49.3 Å². The van der Waals surface area contributed by atoms with Crippen molar-refractivity contribution in [2.75, 3.05) is 26.7 Å². The van der Waals surface area contributed by atoms with Crippen LogP contribution in [-0.2, 0) is 10.2 Å². The Balaban J connectivity index is 0.00000280. The first kappa shape index (κ1) is 23.3. The molecule has 0 radical (unpaired) electrons. The van der Waals surface area contributed by atoms with E-state index in [1.165, 1.54) is 31.2 Å². The minimum absolute atomic E-state index is 0. The largest absolute Gasteiger partial charge is 0.370 e. The molecular weight excluding hydrogens is 487 g/mol. The van der Waals surface area contributed by atoms with Gasteiger partial charge in [-0.25, -0.2) is 0 Å². The second-order valence-corrected chi connectivity index (χ2v) is 8.46. The Kier molecular flexibility index (Phi) is 8.86. The molecule has 28 heavy (non-hydrogen) atoms. The van der Waals surface area contributed by atoms with Gasteiger partial charge in [0.15, 0.2) is 5.96 Å². The molecule has 7 heteroatoms. The summed E-state index contributed by atoms with van der Waals surface area (Å²) in [5.41, 5.74) is 6.83. The highest BCUT2D eigenvalue weighted by atomic mass is 127. The van der Waals surface area contributed by atoms with Crippen molar-refractivity contribution in [3.8, 4) is 0 Å². The first-order valence-corrected chi connectivity index (χ1v) is 10.4. The standard InChI is InChI=1S/C21H31ClN4O.HI/c1-24-20(26-11-5-6-16(14-26)12-19(23)27)25-15-21(9-2-3-10-21)17-7-4-8-18(22)13-17;/h4,7-8,13,16H,2-3,5-6,9-12,14-15H2,1H3,(H2,23,27)(H,24,25);1H. The van der Waals surface area contributed by atoms with Crippen LogP contribution in [0.15, 0.2) is 29.3 Å². The molecule has 1 heterocycles. The van der Waals surface area contributed by atoms with Crippen LogP contribution in [-0.4, -0.2) is 43.4 Å². The third-order valence-electron chi connectivity index (χ3n) is 6.10. The zero-order valence-corrected chi connectivity index (χ0v) is 19.7. The minimum atomic E-state index is -0.212. The summed E-state index contributed by atoms with van der Waals surface area (Å²) < 4.78 is 0. The predicted molar refractivity (Wildman–Crippen MR) is 126 cm³/mol. The summed E-state index contributed by atoms with van der Waals surface area (Å²) >= 11 is 6.26. The van der Waals surface area contributed by atoms with Crippen LogP contribution in [0.2, 0.25) is 5.02 Å². The van der Waals surface area contributed by atoms with E-state index >= 15 is 0 Å². The number of carbonyl (C=O) groups excluding carboxylic acids is 1. The number of guanidine groups is 1. The second-order valence-electron chi connectivity index (χ2n) is 8.02. The minimum Gasteiger partial charge on any atom is -0.370 e. The first-order valence-electron chi connectivity index (χ1n) is 10.0. The van der Waals surface area contributed by atoms with Crippen LogP contribution in [0.25, 0.3) is 0 Å². The number of halogens is 2. The van der Waals surface area contributed by atoms with Crippen molar-refractivity contribution in [2.45, 2.75) is 50.4 Å². The highest BCUT2D eigenvalue weighted by Gasteiger charge is 2.36. The van der Waals surface area contributed by atoms with E-state index in [0.29, 0.717) is 12.3 Å². The van der Waals surface area contributed by atoms with Crippen molar-refractivity contribution in [3.63, 3.8) is 0 Å². The number of primary amides is 1. The number of hydrogen-bond donors (Lipinski definition) is 2. The van der Waals surface area contributed by atoms with Crippen LogP contribution >= 0.6 is 35.6 Å². The van der Waals surface area contributed by atoms with Crippen molar-refractivity contribution in [1.82, 2.24) is 10.2 Å². The van der Waals surface area contributed by atoms with Gasteiger partial charge >= 0.3 is 0 Å². The Morgan fingerprint density at radius 3 is 2.75 bits per heavy atom. The van der Waals surface area contributed by atoms with Crippen LogP contribution in [0, 0.1) is 5.92 Å². The van der Waals surface area contributed by atoms with Crippen molar-refractivity contribution in [2.24, 2.45) is 16.6 Å². The fourth-order valence-corrected chi connectivity index (χ4v) is 4.92. The maximum atomic E-state index is 11.3. The molecule has 1 aromatic rings. The number of amides is 1. The third kappa shape index (κ3) is 5.75. The van der Waals surface area contributed by atoms with Crippen LogP contribution in [0.5, 0.6) is 0 Å². The molecule has 2 fully saturated rings. The van der Waals surface area contributed by atoms with E-state index in [9.17, 15) is 4.79 Å². The van der Waals surface area contributed by atoms with Gasteiger partial charge in [-0.1, -0.05) is 36.6 Å². The Morgan fingerprint density at radius 1 is 1.36 bits per heavy atom. The van der Waals surface area contributed by atoms with Gasteiger partial charge in [0.05, 0.1) is 0 Å². The van der Waals surface area contributed by atoms with Gasteiger partial charge in [-0.3, -0.25) is 9.79 Å². The summed E-state index contributed by atoms with van der Waals surface area (Å²) in [6.07, 6.45) is 7.42. The molecule has 0 bridgehead atoms. The molecule has 1 aliphatic carbocycles. The topological polar surface area (TPSA) is 70.7 Å². The number of aliphatic imine (C=N–C) groups is 1. The lowest BCUT2D eigenvalue weighted by Crippen LogP contribution is -2.50. The molecule has 1 saturated carbocycles. The molecule has 3 N–H and O–H groups in total. The summed E-state index contributed by atoms with van der Waals surface area (Å²) in [4.78, 5) is 18.1. The van der Waals surface area contributed by atoms with Crippen molar-refractivity contribution >= 4 is 47.4 Å². The second kappa shape index (κ2) is 10.7. The normalized spacial score (nSPS) is 21.9. The molecule has 1 saturated heterocycles. The Morgan fingerprint density at radius 2 is 2.11 bits per heavy atom. The number of piperidine rings is 1. The number of rotatable bonds is 5. The summed E-state index contributed by atoms with van der Waals surface area (Å²) in [5.74, 6) is 1.04. The average Bonchev–Trinajstić information content (AvgIpc) is 3.12. The molecule has 3 rings (SSSR count). The van der Waals surface area contributed by atoms with Gasteiger partial charge < -0.3 is 16.0 Å². The van der Waals surface area contributed by atoms with Crippen molar-refractivity contribution in [3.05, 3.63) is 34.9 Å². The highest BCUT2D eigenvalue weighted by molar-refractivity contribution is 14.0. The van der Waals surface area contributed by atoms with Crippen LogP contribution in [0.1, 0.15) is 50.5 Å². The monoisotopic (exact) mass is 518 g/mol. The zero-order chi connectivity index (χ0) is 19.3. The fourth-order valence-electron chi connectivity index (χ4n) is 4.73. The Bertz CT molecular complexity index is 691. The number of benzene rings is 1. The van der Waals surface area contributed by atoms with Gasteiger partial charge in [-0.2, -0.15) is 0 Å². The summed E-state index contributed by atoms with van der Waals surface area (Å²) in [7, 11) is 1.83. The van der Waals surface area contributed by atoms with E-state index in [-0.39, 0.29) is 35.3 Å². The number of nitrogens with one attached hydrogen (secondary N) is 1. The van der Waals surface area contributed by atoms with E-state index in [1.54, 1.807) is 0 Å². The van der Waals surface area contributed by atoms with E-state index in [4.69, 9.17) is 17.3 Å². The summed E-state index contributed by atoms with van der Waals surface area (Å²) in [6, 6.07) is 8.30. The smallest absolute Gasteiger partial charge is 0.217 e.